The lowest BCUT2D eigenvalue weighted by Crippen LogP contribution is -2.41. The topological polar surface area (TPSA) is 85.7 Å². The second kappa shape index (κ2) is 11.1. The van der Waals surface area contributed by atoms with Crippen LogP contribution in [0.4, 0.5) is 10.5 Å². The first-order valence-corrected chi connectivity index (χ1v) is 13.1. The van der Waals surface area contributed by atoms with E-state index in [9.17, 15) is 9.59 Å². The number of amides is 2. The second-order valence-corrected chi connectivity index (χ2v) is 11.1. The number of hydrogen-bond acceptors (Lipinski definition) is 5. The first-order chi connectivity index (χ1) is 18.0. The maximum absolute atomic E-state index is 13.6. The summed E-state index contributed by atoms with van der Waals surface area (Å²) in [6, 6.07) is 11.2. The smallest absolute Gasteiger partial charge is 0.410 e. The molecule has 2 heterocycles. The number of rotatable bonds is 5. The van der Waals surface area contributed by atoms with Crippen LogP contribution in [-0.4, -0.2) is 52.5 Å². The molecule has 1 N–H and O–H groups in total. The van der Waals surface area contributed by atoms with E-state index >= 15 is 0 Å². The zero-order valence-electron chi connectivity index (χ0n) is 22.8. The Morgan fingerprint density at radius 1 is 1.05 bits per heavy atom. The van der Waals surface area contributed by atoms with Crippen LogP contribution in [0.25, 0.3) is 5.69 Å². The summed E-state index contributed by atoms with van der Waals surface area (Å²) in [5.41, 5.74) is 4.42. The van der Waals surface area contributed by atoms with E-state index in [0.29, 0.717) is 48.0 Å². The van der Waals surface area contributed by atoms with Gasteiger partial charge in [-0.25, -0.2) is 9.48 Å². The summed E-state index contributed by atoms with van der Waals surface area (Å²) in [4.78, 5) is 28.0. The molecule has 3 aromatic rings. The molecule has 2 amide bonds. The molecule has 1 fully saturated rings. The number of ether oxygens (including phenoxy) is 2. The van der Waals surface area contributed by atoms with Gasteiger partial charge in [0, 0.05) is 24.0 Å². The van der Waals surface area contributed by atoms with E-state index in [0.717, 1.165) is 16.9 Å². The maximum Gasteiger partial charge on any atom is 0.410 e. The first-order valence-electron chi connectivity index (χ1n) is 12.7. The average molecular weight is 539 g/mol. The van der Waals surface area contributed by atoms with Gasteiger partial charge >= 0.3 is 6.09 Å². The average Bonchev–Trinajstić information content (AvgIpc) is 3.30. The summed E-state index contributed by atoms with van der Waals surface area (Å²) in [5.74, 6) is 0.224. The lowest BCUT2D eigenvalue weighted by atomic mass is 9.90. The first kappa shape index (κ1) is 27.5. The molecule has 0 unspecified atom stereocenters. The molecule has 202 valence electrons. The Morgan fingerprint density at radius 2 is 1.76 bits per heavy atom. The number of likely N-dealkylation sites (tertiary alicyclic amines) is 1. The van der Waals surface area contributed by atoms with Crippen molar-refractivity contribution in [1.29, 1.82) is 0 Å². The van der Waals surface area contributed by atoms with E-state index < -0.39 is 5.60 Å². The Hall–Kier alpha value is -3.52. The number of methoxy groups -OCH3 is 1. The summed E-state index contributed by atoms with van der Waals surface area (Å²) < 4.78 is 12.8. The number of benzene rings is 2. The molecule has 0 radical (unpaired) electrons. The predicted octanol–water partition coefficient (Wildman–Crippen LogP) is 6.52. The number of hydrogen-bond donors (Lipinski definition) is 1. The Labute approximate surface area is 228 Å². The molecule has 1 aliphatic heterocycles. The monoisotopic (exact) mass is 538 g/mol. The number of nitrogens with one attached hydrogen (secondary N) is 1. The van der Waals surface area contributed by atoms with Gasteiger partial charge in [0.15, 0.2) is 0 Å². The molecule has 1 aromatic heterocycles. The Morgan fingerprint density at radius 3 is 2.39 bits per heavy atom. The van der Waals surface area contributed by atoms with Gasteiger partial charge in [0.2, 0.25) is 0 Å². The third-order valence-corrected chi connectivity index (χ3v) is 6.96. The van der Waals surface area contributed by atoms with Gasteiger partial charge in [-0.1, -0.05) is 17.7 Å². The highest BCUT2D eigenvalue weighted by Crippen LogP contribution is 2.34. The fraction of sp³-hybridized carbons (Fsp3) is 0.414. The highest BCUT2D eigenvalue weighted by molar-refractivity contribution is 6.31. The third-order valence-electron chi connectivity index (χ3n) is 6.73. The van der Waals surface area contributed by atoms with E-state index in [1.54, 1.807) is 36.4 Å². The molecule has 9 heteroatoms. The van der Waals surface area contributed by atoms with Crippen LogP contribution in [0.5, 0.6) is 5.75 Å². The van der Waals surface area contributed by atoms with Gasteiger partial charge in [-0.3, -0.25) is 4.79 Å². The molecule has 4 rings (SSSR count). The summed E-state index contributed by atoms with van der Waals surface area (Å²) in [6.07, 6.45) is 2.65. The molecule has 38 heavy (non-hydrogen) atoms. The molecule has 1 saturated heterocycles. The standard InChI is InChI=1S/C29H35ClN4O4/c1-18-7-9-22(15-19(18)2)34-26(20-11-13-33(14-12-20)28(36)38-29(3,4)5)23(17-31-34)27(35)32-24-16-21(30)8-10-25(24)37-6/h7-10,15-17,20H,11-14H2,1-6H3,(H,32,35). The molecule has 0 bridgehead atoms. The number of carbonyl (C=O) groups excluding carboxylic acids is 2. The normalized spacial score (nSPS) is 14.3. The van der Waals surface area contributed by atoms with Gasteiger partial charge in [-0.15, -0.1) is 0 Å². The second-order valence-electron chi connectivity index (χ2n) is 10.7. The van der Waals surface area contributed by atoms with Gasteiger partial charge in [0.25, 0.3) is 5.91 Å². The van der Waals surface area contributed by atoms with Crippen molar-refractivity contribution in [1.82, 2.24) is 14.7 Å². The van der Waals surface area contributed by atoms with Crippen molar-refractivity contribution in [3.63, 3.8) is 0 Å². The fourth-order valence-electron chi connectivity index (χ4n) is 4.62. The highest BCUT2D eigenvalue weighted by atomic mass is 35.5. The molecule has 0 atom stereocenters. The molecule has 1 aliphatic rings. The summed E-state index contributed by atoms with van der Waals surface area (Å²) in [6.45, 7) is 10.8. The molecular formula is C29H35ClN4O4. The van der Waals surface area contributed by atoms with Crippen LogP contribution in [0, 0.1) is 13.8 Å². The zero-order chi connectivity index (χ0) is 27.6. The van der Waals surface area contributed by atoms with E-state index in [2.05, 4.69) is 36.4 Å². The van der Waals surface area contributed by atoms with Crippen LogP contribution in [0.15, 0.2) is 42.6 Å². The van der Waals surface area contributed by atoms with Gasteiger partial charge in [-0.2, -0.15) is 5.10 Å². The van der Waals surface area contributed by atoms with E-state index in [4.69, 9.17) is 21.1 Å². The Kier molecular flexibility index (Phi) is 8.02. The summed E-state index contributed by atoms with van der Waals surface area (Å²) in [5, 5.41) is 8.09. The van der Waals surface area contributed by atoms with Crippen molar-refractivity contribution in [2.45, 2.75) is 59.0 Å². The summed E-state index contributed by atoms with van der Waals surface area (Å²) >= 11 is 6.18. The molecule has 8 nitrogen and oxygen atoms in total. The number of piperidine rings is 1. The van der Waals surface area contributed by atoms with Crippen molar-refractivity contribution in [3.05, 3.63) is 70.0 Å². The van der Waals surface area contributed by atoms with Crippen molar-refractivity contribution in [2.24, 2.45) is 0 Å². The number of halogens is 1. The van der Waals surface area contributed by atoms with Crippen molar-refractivity contribution >= 4 is 29.3 Å². The lowest BCUT2D eigenvalue weighted by molar-refractivity contribution is 0.0203. The SMILES string of the molecule is COc1ccc(Cl)cc1NC(=O)c1cnn(-c2ccc(C)c(C)c2)c1C1CCN(C(=O)OC(C)(C)C)CC1. The number of nitrogens with zero attached hydrogens (tertiary/aromatic N) is 3. The Bertz CT molecular complexity index is 1340. The van der Waals surface area contributed by atoms with Gasteiger partial charge < -0.3 is 19.7 Å². The molecule has 0 aliphatic carbocycles. The largest absolute Gasteiger partial charge is 0.495 e. The van der Waals surface area contributed by atoms with E-state index in [-0.39, 0.29) is 17.9 Å². The number of aryl methyl sites for hydroxylation is 2. The fourth-order valence-corrected chi connectivity index (χ4v) is 4.79. The number of anilines is 1. The lowest BCUT2D eigenvalue weighted by Gasteiger charge is -2.34. The predicted molar refractivity (Wildman–Crippen MR) is 149 cm³/mol. The van der Waals surface area contributed by atoms with Crippen LogP contribution in [0.1, 0.15) is 66.7 Å². The number of aromatic nitrogens is 2. The van der Waals surface area contributed by atoms with Crippen molar-refractivity contribution in [2.75, 3.05) is 25.5 Å². The van der Waals surface area contributed by atoms with Gasteiger partial charge in [-0.05, 0) is 88.9 Å². The zero-order valence-corrected chi connectivity index (χ0v) is 23.6. The van der Waals surface area contributed by atoms with Crippen molar-refractivity contribution in [3.8, 4) is 11.4 Å². The van der Waals surface area contributed by atoms with Crippen LogP contribution < -0.4 is 10.1 Å². The van der Waals surface area contributed by atoms with E-state index in [1.807, 2.05) is 31.5 Å². The molecule has 0 saturated carbocycles. The van der Waals surface area contributed by atoms with Crippen LogP contribution >= 0.6 is 11.6 Å². The third kappa shape index (κ3) is 6.13. The minimum atomic E-state index is -0.553. The quantitative estimate of drug-likeness (QED) is 0.400. The van der Waals surface area contributed by atoms with Gasteiger partial charge in [0.05, 0.1) is 35.9 Å². The minimum Gasteiger partial charge on any atom is -0.495 e. The van der Waals surface area contributed by atoms with Crippen LogP contribution in [-0.2, 0) is 4.74 Å². The Balaban J connectivity index is 1.66. The summed E-state index contributed by atoms with van der Waals surface area (Å²) in [7, 11) is 1.54. The van der Waals surface area contributed by atoms with Crippen molar-refractivity contribution < 1.29 is 19.1 Å². The maximum atomic E-state index is 13.6. The van der Waals surface area contributed by atoms with Gasteiger partial charge in [0.1, 0.15) is 11.4 Å². The molecular weight excluding hydrogens is 504 g/mol. The van der Waals surface area contributed by atoms with E-state index in [1.165, 1.54) is 5.56 Å². The minimum absolute atomic E-state index is 0.0137. The van der Waals surface area contributed by atoms with Crippen LogP contribution in [0.2, 0.25) is 5.02 Å². The molecule has 2 aromatic carbocycles. The highest BCUT2D eigenvalue weighted by Gasteiger charge is 2.32. The molecule has 0 spiro atoms. The van der Waals surface area contributed by atoms with Crippen LogP contribution in [0.3, 0.4) is 0 Å². The number of carbonyl (C=O) groups is 2.